The summed E-state index contributed by atoms with van der Waals surface area (Å²) in [5.74, 6) is 0.396. The van der Waals surface area contributed by atoms with Gasteiger partial charge in [0.25, 0.3) is 0 Å². The summed E-state index contributed by atoms with van der Waals surface area (Å²) < 4.78 is 1.03. The van der Waals surface area contributed by atoms with Crippen LogP contribution in [0.5, 0.6) is 5.75 Å². The molecule has 88 valence electrons. The number of benzene rings is 1. The highest BCUT2D eigenvalue weighted by atomic mass is 79.9. The van der Waals surface area contributed by atoms with Gasteiger partial charge in [-0.05, 0) is 36.6 Å². The van der Waals surface area contributed by atoms with Gasteiger partial charge in [-0.15, -0.1) is 0 Å². The monoisotopic (exact) mass is 283 g/mol. The maximum absolute atomic E-state index is 9.78. The maximum Gasteiger partial charge on any atom is 0.120 e. The van der Waals surface area contributed by atoms with E-state index in [1.165, 1.54) is 6.42 Å². The van der Waals surface area contributed by atoms with Crippen LogP contribution in [0.1, 0.15) is 25.8 Å². The Balaban J connectivity index is 2.07. The van der Waals surface area contributed by atoms with Gasteiger partial charge in [0, 0.05) is 23.1 Å². The second-order valence-corrected chi connectivity index (χ2v) is 6.31. The Labute approximate surface area is 105 Å². The van der Waals surface area contributed by atoms with E-state index in [2.05, 4.69) is 34.7 Å². The van der Waals surface area contributed by atoms with Crippen molar-refractivity contribution in [3.63, 3.8) is 0 Å². The molecule has 0 aliphatic carbocycles. The predicted molar refractivity (Wildman–Crippen MR) is 69.5 cm³/mol. The number of hydrogen-bond donors (Lipinski definition) is 1. The van der Waals surface area contributed by atoms with Crippen molar-refractivity contribution in [1.82, 2.24) is 4.90 Å². The first-order valence-electron chi connectivity index (χ1n) is 5.66. The van der Waals surface area contributed by atoms with Crippen LogP contribution in [0.4, 0.5) is 0 Å². The van der Waals surface area contributed by atoms with Crippen molar-refractivity contribution in [2.75, 3.05) is 13.1 Å². The van der Waals surface area contributed by atoms with E-state index in [9.17, 15) is 5.11 Å². The standard InChI is InChI=1S/C13H18BrNO/c1-13(2)5-6-15(9-13)8-10-7-11(14)3-4-12(10)16/h3-4,7,16H,5-6,8-9H2,1-2H3. The van der Waals surface area contributed by atoms with Gasteiger partial charge in [0.05, 0.1) is 0 Å². The van der Waals surface area contributed by atoms with E-state index in [0.717, 1.165) is 29.7 Å². The molecule has 0 atom stereocenters. The first-order valence-corrected chi connectivity index (χ1v) is 6.45. The molecule has 1 heterocycles. The van der Waals surface area contributed by atoms with Gasteiger partial charge in [-0.25, -0.2) is 0 Å². The van der Waals surface area contributed by atoms with Crippen LogP contribution in [0.2, 0.25) is 0 Å². The lowest BCUT2D eigenvalue weighted by atomic mass is 9.93. The quantitative estimate of drug-likeness (QED) is 0.900. The molecule has 0 radical (unpaired) electrons. The normalized spacial score (nSPS) is 20.2. The fourth-order valence-electron chi connectivity index (χ4n) is 2.28. The summed E-state index contributed by atoms with van der Waals surface area (Å²) in [6.07, 6.45) is 1.24. The molecule has 16 heavy (non-hydrogen) atoms. The Morgan fingerprint density at radius 1 is 1.44 bits per heavy atom. The van der Waals surface area contributed by atoms with Crippen LogP contribution in [0.15, 0.2) is 22.7 Å². The Morgan fingerprint density at radius 3 is 2.81 bits per heavy atom. The zero-order valence-corrected chi connectivity index (χ0v) is 11.4. The van der Waals surface area contributed by atoms with E-state index in [4.69, 9.17) is 0 Å². The largest absolute Gasteiger partial charge is 0.508 e. The number of nitrogens with zero attached hydrogens (tertiary/aromatic N) is 1. The van der Waals surface area contributed by atoms with Gasteiger partial charge >= 0.3 is 0 Å². The minimum Gasteiger partial charge on any atom is -0.508 e. The molecule has 3 heteroatoms. The molecule has 0 saturated carbocycles. The van der Waals surface area contributed by atoms with Crippen molar-refractivity contribution in [3.05, 3.63) is 28.2 Å². The van der Waals surface area contributed by atoms with Crippen LogP contribution in [0.25, 0.3) is 0 Å². The van der Waals surface area contributed by atoms with Gasteiger partial charge in [0.1, 0.15) is 5.75 Å². The lowest BCUT2D eigenvalue weighted by Gasteiger charge is -2.20. The average Bonchev–Trinajstić information content (AvgIpc) is 2.52. The van der Waals surface area contributed by atoms with E-state index >= 15 is 0 Å². The molecule has 2 nitrogen and oxygen atoms in total. The van der Waals surface area contributed by atoms with E-state index < -0.39 is 0 Å². The fraction of sp³-hybridized carbons (Fsp3) is 0.538. The number of phenols is 1. The molecular formula is C13H18BrNO. The first-order chi connectivity index (χ1) is 7.46. The summed E-state index contributed by atoms with van der Waals surface area (Å²) in [4.78, 5) is 2.40. The molecule has 1 aromatic rings. The Morgan fingerprint density at radius 2 is 2.19 bits per heavy atom. The van der Waals surface area contributed by atoms with Crippen LogP contribution >= 0.6 is 15.9 Å². The molecule has 0 spiro atoms. The zero-order chi connectivity index (χ0) is 11.8. The molecule has 1 aliphatic rings. The van der Waals surface area contributed by atoms with Crippen LogP contribution < -0.4 is 0 Å². The minimum absolute atomic E-state index is 0.396. The number of phenolic OH excluding ortho intramolecular Hbond substituents is 1. The molecule has 1 aliphatic heterocycles. The third-order valence-corrected chi connectivity index (χ3v) is 3.69. The SMILES string of the molecule is CC1(C)CCN(Cc2cc(Br)ccc2O)C1. The lowest BCUT2D eigenvalue weighted by Crippen LogP contribution is -2.22. The molecule has 0 bridgehead atoms. The maximum atomic E-state index is 9.78. The highest BCUT2D eigenvalue weighted by molar-refractivity contribution is 9.10. The number of likely N-dealkylation sites (tertiary alicyclic amines) is 1. The van der Waals surface area contributed by atoms with Gasteiger partial charge in [0.2, 0.25) is 0 Å². The summed E-state index contributed by atoms with van der Waals surface area (Å²) in [5.41, 5.74) is 1.42. The summed E-state index contributed by atoms with van der Waals surface area (Å²) in [6.45, 7) is 7.67. The third kappa shape index (κ3) is 2.77. The highest BCUT2D eigenvalue weighted by Crippen LogP contribution is 2.31. The minimum atomic E-state index is 0.396. The van der Waals surface area contributed by atoms with Gasteiger partial charge in [-0.2, -0.15) is 0 Å². The predicted octanol–water partition coefficient (Wildman–Crippen LogP) is 3.39. The van der Waals surface area contributed by atoms with Crippen LogP contribution in [-0.2, 0) is 6.54 Å². The average molecular weight is 284 g/mol. The lowest BCUT2D eigenvalue weighted by molar-refractivity contribution is 0.280. The van der Waals surface area contributed by atoms with E-state index in [0.29, 0.717) is 11.2 Å². The van der Waals surface area contributed by atoms with Crippen LogP contribution in [-0.4, -0.2) is 23.1 Å². The van der Waals surface area contributed by atoms with E-state index in [1.54, 1.807) is 6.07 Å². The molecular weight excluding hydrogens is 266 g/mol. The first kappa shape index (κ1) is 11.9. The number of rotatable bonds is 2. The zero-order valence-electron chi connectivity index (χ0n) is 9.83. The Kier molecular flexibility index (Phi) is 3.27. The molecule has 1 N–H and O–H groups in total. The highest BCUT2D eigenvalue weighted by Gasteiger charge is 2.29. The molecule has 1 aromatic carbocycles. The number of hydrogen-bond acceptors (Lipinski definition) is 2. The fourth-order valence-corrected chi connectivity index (χ4v) is 2.69. The summed E-state index contributed by atoms with van der Waals surface area (Å²) in [5, 5.41) is 9.78. The molecule has 0 unspecified atom stereocenters. The summed E-state index contributed by atoms with van der Waals surface area (Å²) >= 11 is 3.44. The Hall–Kier alpha value is -0.540. The smallest absolute Gasteiger partial charge is 0.120 e. The second-order valence-electron chi connectivity index (χ2n) is 5.40. The topological polar surface area (TPSA) is 23.5 Å². The number of aromatic hydroxyl groups is 1. The van der Waals surface area contributed by atoms with Crippen molar-refractivity contribution in [1.29, 1.82) is 0 Å². The third-order valence-electron chi connectivity index (χ3n) is 3.19. The van der Waals surface area contributed by atoms with Crippen LogP contribution in [0.3, 0.4) is 0 Å². The number of halogens is 1. The van der Waals surface area contributed by atoms with Crippen molar-refractivity contribution in [2.24, 2.45) is 5.41 Å². The van der Waals surface area contributed by atoms with Crippen molar-refractivity contribution < 1.29 is 5.11 Å². The van der Waals surface area contributed by atoms with Crippen LogP contribution in [0, 0.1) is 5.41 Å². The molecule has 2 rings (SSSR count). The van der Waals surface area contributed by atoms with E-state index in [1.807, 2.05) is 12.1 Å². The molecule has 1 saturated heterocycles. The van der Waals surface area contributed by atoms with Gasteiger partial charge in [-0.1, -0.05) is 29.8 Å². The van der Waals surface area contributed by atoms with Crippen molar-refractivity contribution in [3.8, 4) is 5.75 Å². The van der Waals surface area contributed by atoms with Gasteiger partial charge in [-0.3, -0.25) is 4.90 Å². The molecule has 0 amide bonds. The Bertz CT molecular complexity index is 390. The van der Waals surface area contributed by atoms with Gasteiger partial charge < -0.3 is 5.11 Å². The van der Waals surface area contributed by atoms with E-state index in [-0.39, 0.29) is 0 Å². The summed E-state index contributed by atoms with van der Waals surface area (Å²) in [7, 11) is 0. The van der Waals surface area contributed by atoms with Crippen molar-refractivity contribution in [2.45, 2.75) is 26.8 Å². The second kappa shape index (κ2) is 4.38. The molecule has 0 aromatic heterocycles. The molecule has 1 fully saturated rings. The van der Waals surface area contributed by atoms with Gasteiger partial charge in [0.15, 0.2) is 0 Å². The summed E-state index contributed by atoms with van der Waals surface area (Å²) in [6, 6.07) is 5.62. The van der Waals surface area contributed by atoms with Crippen molar-refractivity contribution >= 4 is 15.9 Å².